The maximum Gasteiger partial charge on any atom is 0.311 e. The van der Waals surface area contributed by atoms with E-state index in [1.165, 1.54) is 12.3 Å². The molecule has 2 rings (SSSR count). The molecule has 0 radical (unpaired) electrons. The quantitative estimate of drug-likeness (QED) is 0.887. The topological polar surface area (TPSA) is 79.3 Å². The lowest BCUT2D eigenvalue weighted by molar-refractivity contribution is -0.151. The number of halogens is 1. The summed E-state index contributed by atoms with van der Waals surface area (Å²) in [5.74, 6) is -2.24. The van der Waals surface area contributed by atoms with Crippen LogP contribution in [0.1, 0.15) is 43.0 Å². The van der Waals surface area contributed by atoms with Crippen LogP contribution in [0.3, 0.4) is 0 Å². The van der Waals surface area contributed by atoms with E-state index in [2.05, 4.69) is 10.3 Å². The number of carbonyl (C=O) groups is 2. The van der Waals surface area contributed by atoms with Crippen molar-refractivity contribution in [1.82, 2.24) is 10.3 Å². The summed E-state index contributed by atoms with van der Waals surface area (Å²) in [5, 5.41) is 12.0. The molecule has 0 aromatic carbocycles. The molecule has 5 nitrogen and oxygen atoms in total. The van der Waals surface area contributed by atoms with Crippen LogP contribution in [0, 0.1) is 11.2 Å². The van der Waals surface area contributed by atoms with Gasteiger partial charge >= 0.3 is 5.97 Å². The molecule has 2 atom stereocenters. The van der Waals surface area contributed by atoms with Crippen LogP contribution >= 0.6 is 0 Å². The van der Waals surface area contributed by atoms with E-state index in [0.717, 1.165) is 19.0 Å². The van der Waals surface area contributed by atoms with Crippen LogP contribution in [0.15, 0.2) is 18.5 Å². The van der Waals surface area contributed by atoms with Crippen molar-refractivity contribution in [1.29, 1.82) is 0 Å². The van der Waals surface area contributed by atoms with E-state index in [1.54, 1.807) is 6.92 Å². The van der Waals surface area contributed by atoms with Gasteiger partial charge in [0.1, 0.15) is 0 Å². The van der Waals surface area contributed by atoms with Gasteiger partial charge in [0.15, 0.2) is 5.82 Å². The van der Waals surface area contributed by atoms with E-state index < -0.39 is 29.2 Å². The fourth-order valence-corrected chi connectivity index (χ4v) is 2.62. The number of hydrogen-bond acceptors (Lipinski definition) is 3. The normalized spacial score (nSPS) is 26.0. The van der Waals surface area contributed by atoms with Crippen LogP contribution in [0.25, 0.3) is 0 Å². The number of rotatable bonds is 3. The minimum atomic E-state index is -1.00. The molecule has 1 aliphatic carbocycles. The predicted molar refractivity (Wildman–Crippen MR) is 69.7 cm³/mol. The third-order valence-electron chi connectivity index (χ3n) is 4.02. The van der Waals surface area contributed by atoms with Gasteiger partial charge in [0, 0.05) is 12.2 Å². The molecule has 1 heterocycles. The number of aromatic nitrogens is 1. The maximum absolute atomic E-state index is 13.5. The van der Waals surface area contributed by atoms with Crippen molar-refractivity contribution in [3.63, 3.8) is 0 Å². The number of carbonyl (C=O) groups excluding carboxylic acids is 1. The predicted octanol–water partition coefficient (Wildman–Crippen LogP) is 1.98. The van der Waals surface area contributed by atoms with Crippen LogP contribution in [0.5, 0.6) is 0 Å². The first kappa shape index (κ1) is 14.4. The van der Waals surface area contributed by atoms with Gasteiger partial charge in [-0.1, -0.05) is 12.8 Å². The summed E-state index contributed by atoms with van der Waals surface area (Å²) in [4.78, 5) is 27.1. The number of nitrogens with zero attached hydrogens (tertiary/aromatic N) is 1. The number of pyridine rings is 1. The average molecular weight is 280 g/mol. The highest BCUT2D eigenvalue weighted by molar-refractivity contribution is 5.95. The Bertz CT molecular complexity index is 535. The summed E-state index contributed by atoms with van der Waals surface area (Å²) in [7, 11) is 0. The molecule has 1 amide bonds. The molecule has 0 saturated heterocycles. The van der Waals surface area contributed by atoms with Crippen LogP contribution in [0.2, 0.25) is 0 Å². The number of amides is 1. The molecule has 2 N–H and O–H groups in total. The van der Waals surface area contributed by atoms with Gasteiger partial charge in [-0.25, -0.2) is 4.39 Å². The monoisotopic (exact) mass is 280 g/mol. The third kappa shape index (κ3) is 2.64. The molecular formula is C14H17FN2O3. The molecule has 0 spiro atoms. The van der Waals surface area contributed by atoms with Crippen LogP contribution in [-0.4, -0.2) is 28.0 Å². The summed E-state index contributed by atoms with van der Waals surface area (Å²) < 4.78 is 13.5. The number of aliphatic carboxylic acids is 1. The molecule has 0 bridgehead atoms. The average Bonchev–Trinajstić information content (AvgIpc) is 2.41. The highest BCUT2D eigenvalue weighted by atomic mass is 19.1. The smallest absolute Gasteiger partial charge is 0.311 e. The molecule has 2 unspecified atom stereocenters. The Morgan fingerprint density at radius 1 is 1.50 bits per heavy atom. The summed E-state index contributed by atoms with van der Waals surface area (Å²) in [6, 6.07) is 0.791. The number of hydrogen-bond donors (Lipinski definition) is 2. The van der Waals surface area contributed by atoms with E-state index >= 15 is 0 Å². The number of carboxylic acids is 1. The first-order valence-corrected chi connectivity index (χ1v) is 6.59. The van der Waals surface area contributed by atoms with Gasteiger partial charge < -0.3 is 10.4 Å². The van der Waals surface area contributed by atoms with Gasteiger partial charge in [-0.3, -0.25) is 14.6 Å². The van der Waals surface area contributed by atoms with E-state index in [-0.39, 0.29) is 5.56 Å². The molecule has 6 heteroatoms. The van der Waals surface area contributed by atoms with Crippen molar-refractivity contribution in [3.8, 4) is 0 Å². The molecule has 1 aromatic rings. The lowest BCUT2D eigenvalue weighted by Crippen LogP contribution is -2.52. The van der Waals surface area contributed by atoms with Crippen LogP contribution < -0.4 is 5.32 Å². The fraction of sp³-hybridized carbons (Fsp3) is 0.500. The molecule has 108 valence electrons. The highest BCUT2D eigenvalue weighted by Crippen LogP contribution is 2.36. The Morgan fingerprint density at radius 2 is 2.25 bits per heavy atom. The zero-order valence-electron chi connectivity index (χ0n) is 11.2. The second-order valence-electron chi connectivity index (χ2n) is 5.35. The molecule has 1 fully saturated rings. The Morgan fingerprint density at radius 3 is 2.90 bits per heavy atom. The summed E-state index contributed by atoms with van der Waals surface area (Å²) in [5.41, 5.74) is -1.12. The summed E-state index contributed by atoms with van der Waals surface area (Å²) in [6.45, 7) is 1.63. The summed E-state index contributed by atoms with van der Waals surface area (Å²) in [6.07, 6.45) is 5.06. The van der Waals surface area contributed by atoms with Crippen LogP contribution in [0.4, 0.5) is 4.39 Å². The summed E-state index contributed by atoms with van der Waals surface area (Å²) >= 11 is 0. The van der Waals surface area contributed by atoms with Gasteiger partial charge in [0.2, 0.25) is 0 Å². The Hall–Kier alpha value is -1.98. The Labute approximate surface area is 116 Å². The van der Waals surface area contributed by atoms with Gasteiger partial charge in [0.25, 0.3) is 5.91 Å². The van der Waals surface area contributed by atoms with Crippen molar-refractivity contribution < 1.29 is 19.1 Å². The van der Waals surface area contributed by atoms with Crippen LogP contribution in [-0.2, 0) is 4.79 Å². The molecule has 1 saturated carbocycles. The molecule has 1 aliphatic rings. The largest absolute Gasteiger partial charge is 0.481 e. The zero-order chi connectivity index (χ0) is 14.8. The van der Waals surface area contributed by atoms with Crippen molar-refractivity contribution in [2.24, 2.45) is 5.41 Å². The second kappa shape index (κ2) is 5.56. The van der Waals surface area contributed by atoms with Gasteiger partial charge in [-0.15, -0.1) is 0 Å². The van der Waals surface area contributed by atoms with Crippen molar-refractivity contribution in [2.75, 3.05) is 0 Å². The molecule has 0 aliphatic heterocycles. The highest BCUT2D eigenvalue weighted by Gasteiger charge is 2.44. The van der Waals surface area contributed by atoms with E-state index in [0.29, 0.717) is 12.8 Å². The SMILES string of the molecule is CC1(C(=O)O)CCCCC1NC(=O)c1ccncc1F. The van der Waals surface area contributed by atoms with E-state index in [4.69, 9.17) is 0 Å². The van der Waals surface area contributed by atoms with Crippen molar-refractivity contribution >= 4 is 11.9 Å². The van der Waals surface area contributed by atoms with E-state index in [1.807, 2.05) is 0 Å². The minimum absolute atomic E-state index is 0.113. The number of carboxylic acid groups (broad SMARTS) is 1. The van der Waals surface area contributed by atoms with E-state index in [9.17, 15) is 19.1 Å². The standard InChI is InChI=1S/C14H17FN2O3/c1-14(13(19)20)6-3-2-4-11(14)17-12(18)9-5-7-16-8-10(9)15/h5,7-8,11H,2-4,6H2,1H3,(H,17,18)(H,19,20). The lowest BCUT2D eigenvalue weighted by Gasteiger charge is -2.38. The van der Waals surface area contributed by atoms with Gasteiger partial charge in [-0.2, -0.15) is 0 Å². The Balaban J connectivity index is 2.18. The molecular weight excluding hydrogens is 263 g/mol. The van der Waals surface area contributed by atoms with Gasteiger partial charge in [0.05, 0.1) is 17.2 Å². The lowest BCUT2D eigenvalue weighted by atomic mass is 9.71. The first-order valence-electron chi connectivity index (χ1n) is 6.59. The fourth-order valence-electron chi connectivity index (χ4n) is 2.62. The molecule has 1 aromatic heterocycles. The zero-order valence-corrected chi connectivity index (χ0v) is 11.2. The Kier molecular flexibility index (Phi) is 4.01. The minimum Gasteiger partial charge on any atom is -0.481 e. The second-order valence-corrected chi connectivity index (χ2v) is 5.35. The maximum atomic E-state index is 13.5. The number of nitrogens with one attached hydrogen (secondary N) is 1. The molecule has 20 heavy (non-hydrogen) atoms. The van der Waals surface area contributed by atoms with Crippen molar-refractivity contribution in [2.45, 2.75) is 38.6 Å². The first-order chi connectivity index (χ1) is 9.45. The van der Waals surface area contributed by atoms with Gasteiger partial charge in [-0.05, 0) is 25.8 Å². The van der Waals surface area contributed by atoms with Crippen molar-refractivity contribution in [3.05, 3.63) is 29.8 Å². The third-order valence-corrected chi connectivity index (χ3v) is 4.02.